The molecule has 1 spiro atoms. The van der Waals surface area contributed by atoms with Crippen LogP contribution in [0, 0.1) is 5.92 Å². The number of aliphatic hydroxyl groups is 9. The Morgan fingerprint density at radius 2 is 1.67 bits per heavy atom. The minimum Gasteiger partial charge on any atom is -0.394 e. The van der Waals surface area contributed by atoms with Crippen molar-refractivity contribution in [3.8, 4) is 0 Å². The lowest BCUT2D eigenvalue weighted by molar-refractivity contribution is -0.549. The normalized spacial score (nSPS) is 59.7. The maximum absolute atomic E-state index is 11.5. The molecule has 0 aromatic carbocycles. The number of guanidine groups is 1. The Bertz CT molecular complexity index is 834. The fraction of sp³-hybridized carbons (Fsp3) is 0.941. The molecule has 0 radical (unpaired) electrons. The zero-order chi connectivity index (χ0) is 24.1. The SMILES string of the molecule is NC1=NC(O)C2C3OC4(O)OC(C(O)C2(N1)C4O)C3(O)COC1OC(CO)C(O)C(O)C1O. The number of hydrogen-bond acceptors (Lipinski definition) is 16. The monoisotopic (exact) mass is 481 g/mol. The first kappa shape index (κ1) is 23.5. The first-order chi connectivity index (χ1) is 15.4. The number of aliphatic hydroxyl groups excluding tert-OH is 7. The van der Waals surface area contributed by atoms with Gasteiger partial charge in [0.15, 0.2) is 24.6 Å². The van der Waals surface area contributed by atoms with E-state index in [9.17, 15) is 46.0 Å². The molecule has 4 bridgehead atoms. The molecule has 0 aromatic heterocycles. The highest BCUT2D eigenvalue weighted by molar-refractivity contribution is 5.80. The highest BCUT2D eigenvalue weighted by Crippen LogP contribution is 2.58. The van der Waals surface area contributed by atoms with Crippen LogP contribution in [-0.2, 0) is 18.9 Å². The molecular weight excluding hydrogens is 454 g/mol. The van der Waals surface area contributed by atoms with E-state index in [2.05, 4.69) is 10.3 Å². The summed E-state index contributed by atoms with van der Waals surface area (Å²) in [5.41, 5.74) is 1.47. The van der Waals surface area contributed by atoms with Gasteiger partial charge in [0.25, 0.3) is 0 Å². The molecule has 1 saturated carbocycles. The molecule has 14 atom stereocenters. The van der Waals surface area contributed by atoms with Crippen molar-refractivity contribution in [3.05, 3.63) is 0 Å². The van der Waals surface area contributed by atoms with E-state index in [1.54, 1.807) is 0 Å². The molecular formula is C17H27N3O13. The minimum atomic E-state index is -2.68. The Balaban J connectivity index is 1.45. The van der Waals surface area contributed by atoms with Gasteiger partial charge in [-0.05, 0) is 0 Å². The summed E-state index contributed by atoms with van der Waals surface area (Å²) in [4.78, 5) is 3.75. The number of hydrogen-bond donors (Lipinski definition) is 11. The third-order valence-corrected chi connectivity index (χ3v) is 7.29. The van der Waals surface area contributed by atoms with Gasteiger partial charge in [-0.15, -0.1) is 0 Å². The average molecular weight is 481 g/mol. The Kier molecular flexibility index (Phi) is 5.25. The first-order valence-electron chi connectivity index (χ1n) is 10.3. The van der Waals surface area contributed by atoms with Gasteiger partial charge in [0.05, 0.1) is 19.1 Å². The third kappa shape index (κ3) is 2.89. The van der Waals surface area contributed by atoms with E-state index in [1.165, 1.54) is 0 Å². The summed E-state index contributed by atoms with van der Waals surface area (Å²) in [6, 6.07) is 0. The molecule has 16 nitrogen and oxygen atoms in total. The molecule has 33 heavy (non-hydrogen) atoms. The number of ether oxygens (including phenoxy) is 4. The van der Waals surface area contributed by atoms with Gasteiger partial charge in [0.1, 0.15) is 53.9 Å². The summed E-state index contributed by atoms with van der Waals surface area (Å²) < 4.78 is 21.4. The van der Waals surface area contributed by atoms with Crippen molar-refractivity contribution >= 4 is 5.96 Å². The molecule has 16 heteroatoms. The molecule has 5 heterocycles. The highest BCUT2D eigenvalue weighted by atomic mass is 16.9. The minimum absolute atomic E-state index is 0.330. The summed E-state index contributed by atoms with van der Waals surface area (Å²) in [6.45, 7) is -1.51. The van der Waals surface area contributed by atoms with Crippen molar-refractivity contribution < 1.29 is 64.9 Å². The van der Waals surface area contributed by atoms with Gasteiger partial charge in [-0.2, -0.15) is 0 Å². The van der Waals surface area contributed by atoms with Crippen LogP contribution in [0.5, 0.6) is 0 Å². The quantitative estimate of drug-likeness (QED) is 0.178. The molecule has 5 fully saturated rings. The molecule has 0 amide bonds. The van der Waals surface area contributed by atoms with E-state index in [0.29, 0.717) is 0 Å². The van der Waals surface area contributed by atoms with Crippen LogP contribution in [0.15, 0.2) is 4.99 Å². The van der Waals surface area contributed by atoms with E-state index in [-0.39, 0.29) is 5.96 Å². The molecule has 6 aliphatic rings. The zero-order valence-electron chi connectivity index (χ0n) is 16.9. The van der Waals surface area contributed by atoms with Crippen LogP contribution in [0.2, 0.25) is 0 Å². The lowest BCUT2D eigenvalue weighted by Gasteiger charge is -2.71. The van der Waals surface area contributed by atoms with Crippen LogP contribution in [0.1, 0.15) is 0 Å². The van der Waals surface area contributed by atoms with Gasteiger partial charge >= 0.3 is 5.97 Å². The summed E-state index contributed by atoms with van der Waals surface area (Å²) in [7, 11) is 0. The highest BCUT2D eigenvalue weighted by Gasteiger charge is 2.83. The van der Waals surface area contributed by atoms with Gasteiger partial charge in [0, 0.05) is 0 Å². The fourth-order valence-electron chi connectivity index (χ4n) is 5.64. The number of nitrogens with zero attached hydrogens (tertiary/aromatic N) is 1. The van der Waals surface area contributed by atoms with E-state index >= 15 is 0 Å². The first-order valence-corrected chi connectivity index (χ1v) is 10.3. The molecule has 4 saturated heterocycles. The molecule has 188 valence electrons. The van der Waals surface area contributed by atoms with Crippen LogP contribution in [0.25, 0.3) is 0 Å². The number of rotatable bonds is 4. The van der Waals surface area contributed by atoms with E-state index in [1.807, 2.05) is 0 Å². The van der Waals surface area contributed by atoms with E-state index in [4.69, 9.17) is 24.7 Å². The molecule has 5 aliphatic heterocycles. The average Bonchev–Trinajstić information content (AvgIpc) is 2.75. The van der Waals surface area contributed by atoms with Gasteiger partial charge in [-0.3, -0.25) is 0 Å². The van der Waals surface area contributed by atoms with Crippen molar-refractivity contribution in [2.24, 2.45) is 16.6 Å². The predicted octanol–water partition coefficient (Wildman–Crippen LogP) is -7.70. The van der Waals surface area contributed by atoms with Crippen molar-refractivity contribution in [3.63, 3.8) is 0 Å². The molecule has 14 unspecified atom stereocenters. The second-order valence-corrected chi connectivity index (χ2v) is 9.07. The number of nitrogens with two attached hydrogens (primary N) is 1. The van der Waals surface area contributed by atoms with E-state index < -0.39 is 97.6 Å². The molecule has 12 N–H and O–H groups in total. The maximum Gasteiger partial charge on any atom is 0.311 e. The molecule has 1 aliphatic carbocycles. The van der Waals surface area contributed by atoms with Crippen LogP contribution >= 0.6 is 0 Å². The second-order valence-electron chi connectivity index (χ2n) is 9.07. The molecule has 0 aromatic rings. The van der Waals surface area contributed by atoms with Crippen LogP contribution < -0.4 is 11.1 Å². The largest absolute Gasteiger partial charge is 0.394 e. The predicted molar refractivity (Wildman–Crippen MR) is 98.4 cm³/mol. The zero-order valence-corrected chi connectivity index (χ0v) is 16.9. The lowest BCUT2D eigenvalue weighted by Crippen LogP contribution is -2.95. The summed E-state index contributed by atoms with van der Waals surface area (Å²) in [5.74, 6) is -4.35. The van der Waals surface area contributed by atoms with Crippen molar-refractivity contribution in [1.29, 1.82) is 0 Å². The Morgan fingerprint density at radius 1 is 1.00 bits per heavy atom. The Hall–Kier alpha value is -1.25. The van der Waals surface area contributed by atoms with Gasteiger partial charge < -0.3 is 76.0 Å². The van der Waals surface area contributed by atoms with Crippen LogP contribution in [0.4, 0.5) is 0 Å². The number of nitrogens with one attached hydrogen (secondary N) is 1. The summed E-state index contributed by atoms with van der Waals surface area (Å²) in [5, 5.41) is 96.5. The van der Waals surface area contributed by atoms with Crippen molar-refractivity contribution in [2.45, 2.75) is 78.5 Å². The summed E-state index contributed by atoms with van der Waals surface area (Å²) >= 11 is 0. The Labute approximate surface area is 185 Å². The smallest absolute Gasteiger partial charge is 0.311 e. The van der Waals surface area contributed by atoms with E-state index in [0.717, 1.165) is 0 Å². The van der Waals surface area contributed by atoms with Gasteiger partial charge in [-0.25, -0.2) is 4.99 Å². The van der Waals surface area contributed by atoms with Crippen LogP contribution in [0.3, 0.4) is 0 Å². The fourth-order valence-corrected chi connectivity index (χ4v) is 5.64. The van der Waals surface area contributed by atoms with Gasteiger partial charge in [-0.1, -0.05) is 0 Å². The standard InChI is InChI=1S/C17H27N3O13/c18-14-19-11(26)4-9-15(28,2-30-12-7(24)6(23)5(22)3(1-21)31-12)10-8(25)16(4,20-14)13(27)17(29,32-9)33-10/h3-13,21-29H,1-2H2,(H3,18,19,20). The Morgan fingerprint density at radius 3 is 2.33 bits per heavy atom. The van der Waals surface area contributed by atoms with Crippen molar-refractivity contribution in [1.82, 2.24) is 5.32 Å². The van der Waals surface area contributed by atoms with Crippen molar-refractivity contribution in [2.75, 3.05) is 13.2 Å². The number of aliphatic imine (C=N–C) groups is 1. The third-order valence-electron chi connectivity index (χ3n) is 7.29. The molecule has 6 rings (SSSR count). The van der Waals surface area contributed by atoms with Crippen LogP contribution in [-0.4, -0.2) is 144 Å². The van der Waals surface area contributed by atoms with Gasteiger partial charge in [0.2, 0.25) is 0 Å². The topological polar surface area (TPSA) is 269 Å². The lowest BCUT2D eigenvalue weighted by atomic mass is 9.55. The second kappa shape index (κ2) is 7.37. The summed E-state index contributed by atoms with van der Waals surface area (Å²) in [6.07, 6.45) is -16.7. The maximum atomic E-state index is 11.5.